The lowest BCUT2D eigenvalue weighted by atomic mass is 10.2. The molecule has 0 atom stereocenters. The third-order valence-corrected chi connectivity index (χ3v) is 6.35. The smallest absolute Gasteiger partial charge is 0.234 e. The molecule has 0 aliphatic heterocycles. The van der Waals surface area contributed by atoms with Crippen LogP contribution in [0.5, 0.6) is 0 Å². The number of aromatic nitrogens is 3. The lowest BCUT2D eigenvalue weighted by molar-refractivity contribution is -0.113. The molecule has 0 aliphatic carbocycles. The molecular formula is C20H23ClN4OS2. The van der Waals surface area contributed by atoms with Crippen LogP contribution in [-0.4, -0.2) is 26.4 Å². The lowest BCUT2D eigenvalue weighted by Crippen LogP contribution is -2.15. The summed E-state index contributed by atoms with van der Waals surface area (Å²) in [6, 6.07) is 9.41. The molecule has 0 saturated heterocycles. The number of anilines is 1. The fraction of sp³-hybridized carbons (Fsp3) is 0.350. The number of benzene rings is 1. The minimum Gasteiger partial charge on any atom is -0.324 e. The van der Waals surface area contributed by atoms with Gasteiger partial charge in [-0.15, -0.1) is 21.5 Å². The fourth-order valence-corrected chi connectivity index (χ4v) is 4.70. The zero-order valence-electron chi connectivity index (χ0n) is 15.9. The average molecular weight is 435 g/mol. The normalized spacial score (nSPS) is 11.0. The molecule has 3 aromatic rings. The molecule has 1 amide bonds. The first kappa shape index (κ1) is 20.9. The number of para-hydroxylation sites is 1. The highest BCUT2D eigenvalue weighted by molar-refractivity contribution is 7.99. The van der Waals surface area contributed by atoms with E-state index >= 15 is 0 Å². The Morgan fingerprint density at radius 2 is 2.07 bits per heavy atom. The number of carbonyl (C=O) groups excluding carboxylic acids is 1. The monoisotopic (exact) mass is 434 g/mol. The van der Waals surface area contributed by atoms with Gasteiger partial charge in [0.25, 0.3) is 0 Å². The number of rotatable bonds is 9. The number of halogens is 1. The molecule has 0 saturated carbocycles. The Morgan fingerprint density at radius 3 is 2.82 bits per heavy atom. The van der Waals surface area contributed by atoms with Gasteiger partial charge in [-0.3, -0.25) is 4.79 Å². The lowest BCUT2D eigenvalue weighted by Gasteiger charge is -2.09. The number of thioether (sulfide) groups is 1. The van der Waals surface area contributed by atoms with Gasteiger partial charge in [-0.05, 0) is 31.0 Å². The Hall–Kier alpha value is -1.83. The number of carbonyl (C=O) groups is 1. The summed E-state index contributed by atoms with van der Waals surface area (Å²) in [7, 11) is 0. The van der Waals surface area contributed by atoms with Gasteiger partial charge >= 0.3 is 0 Å². The predicted molar refractivity (Wildman–Crippen MR) is 118 cm³/mol. The predicted octanol–water partition coefficient (Wildman–Crippen LogP) is 5.75. The second-order valence-electron chi connectivity index (χ2n) is 6.33. The summed E-state index contributed by atoms with van der Waals surface area (Å²) in [4.78, 5) is 13.7. The molecule has 0 radical (unpaired) electrons. The van der Waals surface area contributed by atoms with Crippen molar-refractivity contribution in [3.8, 4) is 11.4 Å². The van der Waals surface area contributed by atoms with Gasteiger partial charge in [-0.25, -0.2) is 0 Å². The molecular weight excluding hydrogens is 412 g/mol. The van der Waals surface area contributed by atoms with Crippen LogP contribution in [-0.2, 0) is 17.8 Å². The molecule has 8 heteroatoms. The number of hydrogen-bond acceptors (Lipinski definition) is 5. The molecule has 1 N–H and O–H groups in total. The number of nitrogens with one attached hydrogen (secondary N) is 1. The van der Waals surface area contributed by atoms with Crippen LogP contribution in [0.3, 0.4) is 0 Å². The summed E-state index contributed by atoms with van der Waals surface area (Å²) in [5, 5.41) is 15.0. The minimum absolute atomic E-state index is 0.119. The minimum atomic E-state index is -0.119. The van der Waals surface area contributed by atoms with Gasteiger partial charge in [0.2, 0.25) is 5.91 Å². The van der Waals surface area contributed by atoms with Gasteiger partial charge in [0.15, 0.2) is 11.0 Å². The summed E-state index contributed by atoms with van der Waals surface area (Å²) < 4.78 is 2.10. The van der Waals surface area contributed by atoms with Crippen molar-refractivity contribution in [1.82, 2.24) is 14.8 Å². The highest BCUT2D eigenvalue weighted by Crippen LogP contribution is 2.29. The highest BCUT2D eigenvalue weighted by atomic mass is 35.5. The first-order valence-electron chi connectivity index (χ1n) is 9.30. The van der Waals surface area contributed by atoms with Crippen LogP contribution < -0.4 is 5.32 Å². The number of hydrogen-bond donors (Lipinski definition) is 1. The van der Waals surface area contributed by atoms with Crippen molar-refractivity contribution < 1.29 is 4.79 Å². The van der Waals surface area contributed by atoms with Crippen molar-refractivity contribution in [2.24, 2.45) is 0 Å². The fourth-order valence-electron chi connectivity index (χ4n) is 2.79. The molecule has 5 nitrogen and oxygen atoms in total. The maximum absolute atomic E-state index is 12.3. The van der Waals surface area contributed by atoms with Crippen LogP contribution in [0.25, 0.3) is 11.4 Å². The van der Waals surface area contributed by atoms with Crippen molar-refractivity contribution in [2.45, 2.75) is 44.8 Å². The van der Waals surface area contributed by atoms with Crippen molar-refractivity contribution in [2.75, 3.05) is 11.1 Å². The van der Waals surface area contributed by atoms with Gasteiger partial charge in [0, 0.05) is 22.4 Å². The van der Waals surface area contributed by atoms with Crippen molar-refractivity contribution in [3.63, 3.8) is 0 Å². The Bertz CT molecular complexity index is 938. The zero-order valence-corrected chi connectivity index (χ0v) is 18.3. The first-order valence-corrected chi connectivity index (χ1v) is 11.5. The Morgan fingerprint density at radius 1 is 1.25 bits per heavy atom. The van der Waals surface area contributed by atoms with E-state index in [0.717, 1.165) is 42.4 Å². The van der Waals surface area contributed by atoms with Crippen LogP contribution in [0.1, 0.15) is 31.6 Å². The van der Waals surface area contributed by atoms with Crippen molar-refractivity contribution >= 4 is 46.3 Å². The molecule has 0 spiro atoms. The maximum atomic E-state index is 12.3. The average Bonchev–Trinajstić information content (AvgIpc) is 3.29. The van der Waals surface area contributed by atoms with Gasteiger partial charge in [0.05, 0.1) is 16.5 Å². The van der Waals surface area contributed by atoms with E-state index in [2.05, 4.69) is 45.4 Å². The van der Waals surface area contributed by atoms with E-state index in [1.54, 1.807) is 23.5 Å². The van der Waals surface area contributed by atoms with E-state index in [-0.39, 0.29) is 11.7 Å². The van der Waals surface area contributed by atoms with Crippen LogP contribution in [0.15, 0.2) is 40.9 Å². The van der Waals surface area contributed by atoms with Crippen molar-refractivity contribution in [3.05, 3.63) is 45.6 Å². The summed E-state index contributed by atoms with van der Waals surface area (Å²) in [5.41, 5.74) is 1.72. The Labute approximate surface area is 178 Å². The van der Waals surface area contributed by atoms with E-state index in [1.165, 1.54) is 16.6 Å². The Balaban J connectivity index is 1.70. The molecule has 3 rings (SSSR count). The molecule has 0 fully saturated rings. The topological polar surface area (TPSA) is 59.8 Å². The van der Waals surface area contributed by atoms with Gasteiger partial charge in [-0.1, -0.05) is 55.8 Å². The standard InChI is InChI=1S/C20H23ClN4OS2/c1-3-7-15-11-14(12-27-15)19-23-24-20(25(19)10-4-2)28-13-18(26)22-17-9-6-5-8-16(17)21/h5-6,8-9,11-12H,3-4,7,10,13H2,1-2H3,(H,22,26). The van der Waals surface area contributed by atoms with Crippen LogP contribution in [0.2, 0.25) is 5.02 Å². The van der Waals surface area contributed by atoms with Crippen molar-refractivity contribution in [1.29, 1.82) is 0 Å². The quantitative estimate of drug-likeness (QED) is 0.435. The molecule has 1 aromatic carbocycles. The highest BCUT2D eigenvalue weighted by Gasteiger charge is 2.16. The van der Waals surface area contributed by atoms with Crippen LogP contribution in [0.4, 0.5) is 5.69 Å². The summed E-state index contributed by atoms with van der Waals surface area (Å²) in [5.74, 6) is 0.999. The molecule has 2 heterocycles. The van der Waals surface area contributed by atoms with E-state index in [0.29, 0.717) is 10.7 Å². The first-order chi connectivity index (χ1) is 13.6. The maximum Gasteiger partial charge on any atom is 0.234 e. The largest absolute Gasteiger partial charge is 0.324 e. The number of aryl methyl sites for hydroxylation is 1. The third-order valence-electron chi connectivity index (χ3n) is 4.05. The molecule has 0 aliphatic rings. The molecule has 2 aromatic heterocycles. The summed E-state index contributed by atoms with van der Waals surface area (Å²) >= 11 is 9.25. The summed E-state index contributed by atoms with van der Waals surface area (Å²) in [6.45, 7) is 5.12. The van der Waals surface area contributed by atoms with Crippen LogP contribution in [0, 0.1) is 0 Å². The molecule has 0 unspecified atom stereocenters. The zero-order chi connectivity index (χ0) is 19.9. The molecule has 28 heavy (non-hydrogen) atoms. The van der Waals surface area contributed by atoms with Gasteiger partial charge < -0.3 is 9.88 Å². The summed E-state index contributed by atoms with van der Waals surface area (Å²) in [6.07, 6.45) is 3.18. The van der Waals surface area contributed by atoms with Crippen LogP contribution >= 0.6 is 34.7 Å². The third kappa shape index (κ3) is 5.16. The number of thiophene rings is 1. The van der Waals surface area contributed by atoms with Gasteiger partial charge in [0.1, 0.15) is 0 Å². The SMILES string of the molecule is CCCc1cc(-c2nnc(SCC(=O)Nc3ccccc3Cl)n2CCC)cs1. The molecule has 0 bridgehead atoms. The van der Waals surface area contributed by atoms with E-state index in [4.69, 9.17) is 11.6 Å². The molecule has 148 valence electrons. The van der Waals surface area contributed by atoms with Gasteiger partial charge in [-0.2, -0.15) is 0 Å². The second kappa shape index (κ2) is 10.1. The second-order valence-corrected chi connectivity index (χ2v) is 8.67. The van der Waals surface area contributed by atoms with E-state index in [9.17, 15) is 4.79 Å². The number of nitrogens with zero attached hydrogens (tertiary/aromatic N) is 3. The number of amides is 1. The van der Waals surface area contributed by atoms with E-state index < -0.39 is 0 Å². The Kier molecular flexibility index (Phi) is 7.53. The van der Waals surface area contributed by atoms with E-state index in [1.807, 2.05) is 12.1 Å².